The lowest BCUT2D eigenvalue weighted by molar-refractivity contribution is -0.140. The Morgan fingerprint density at radius 2 is 2.11 bits per heavy atom. The van der Waals surface area contributed by atoms with Crippen LogP contribution in [0.5, 0.6) is 0 Å². The van der Waals surface area contributed by atoms with Crippen molar-refractivity contribution < 1.29 is 9.90 Å². The molecule has 0 saturated heterocycles. The molecule has 0 aliphatic heterocycles. The van der Waals surface area contributed by atoms with Gasteiger partial charge in [0.2, 0.25) is 0 Å². The molecule has 0 bridgehead atoms. The first-order valence-electron chi connectivity index (χ1n) is 6.62. The van der Waals surface area contributed by atoms with Crippen LogP contribution in [0, 0.1) is 5.92 Å². The minimum absolute atomic E-state index is 0.0138. The summed E-state index contributed by atoms with van der Waals surface area (Å²) < 4.78 is 1.83. The van der Waals surface area contributed by atoms with Crippen molar-refractivity contribution in [3.05, 3.63) is 16.4 Å². The third-order valence-corrected chi connectivity index (χ3v) is 3.55. The van der Waals surface area contributed by atoms with E-state index >= 15 is 0 Å². The van der Waals surface area contributed by atoms with Crippen molar-refractivity contribution in [2.24, 2.45) is 5.92 Å². The highest BCUT2D eigenvalue weighted by Gasteiger charge is 2.22. The molecule has 1 atom stereocenters. The number of hydrogen-bond acceptors (Lipinski definition) is 3. The first-order chi connectivity index (χ1) is 8.92. The molecule has 1 unspecified atom stereocenters. The molecule has 108 valence electrons. The molecule has 0 aliphatic carbocycles. The minimum Gasteiger partial charge on any atom is -0.480 e. The van der Waals surface area contributed by atoms with Crippen LogP contribution in [0.3, 0.4) is 0 Å². The molecule has 0 fully saturated rings. The van der Waals surface area contributed by atoms with Crippen LogP contribution in [0.15, 0.2) is 0 Å². The summed E-state index contributed by atoms with van der Waals surface area (Å²) in [6.07, 6.45) is 0.769. The number of carbonyl (C=O) groups is 1. The molecule has 1 rings (SSSR count). The summed E-state index contributed by atoms with van der Waals surface area (Å²) in [5, 5.41) is 17.2. The van der Waals surface area contributed by atoms with E-state index in [0.717, 1.165) is 24.4 Å². The maximum absolute atomic E-state index is 11.1. The molecule has 2 N–H and O–H groups in total. The lowest BCUT2D eigenvalue weighted by Gasteiger charge is -2.18. The molecular weight excluding hydrogens is 266 g/mol. The average Bonchev–Trinajstić information content (AvgIpc) is 2.65. The van der Waals surface area contributed by atoms with E-state index in [4.69, 9.17) is 16.7 Å². The van der Waals surface area contributed by atoms with Crippen LogP contribution < -0.4 is 5.32 Å². The number of aliphatic carboxylic acids is 1. The Balaban J connectivity index is 2.87. The fourth-order valence-corrected chi connectivity index (χ4v) is 2.34. The summed E-state index contributed by atoms with van der Waals surface area (Å²) in [5.74, 6) is -0.829. The number of carboxylic acid groups (broad SMARTS) is 1. The van der Waals surface area contributed by atoms with Gasteiger partial charge < -0.3 is 5.11 Å². The second kappa shape index (κ2) is 6.91. The summed E-state index contributed by atoms with van der Waals surface area (Å²) in [6.45, 7) is 8.87. The van der Waals surface area contributed by atoms with E-state index in [1.807, 2.05) is 32.4 Å². The summed E-state index contributed by atoms with van der Waals surface area (Å²) >= 11 is 6.28. The first-order valence-corrected chi connectivity index (χ1v) is 7.00. The number of halogens is 1. The minimum atomic E-state index is -0.843. The van der Waals surface area contributed by atoms with E-state index in [1.54, 1.807) is 0 Å². The van der Waals surface area contributed by atoms with Gasteiger partial charge in [0.15, 0.2) is 0 Å². The zero-order valence-corrected chi connectivity index (χ0v) is 12.7. The molecule has 5 nitrogen and oxygen atoms in total. The third-order valence-electron chi connectivity index (χ3n) is 3.12. The largest absolute Gasteiger partial charge is 0.480 e. The summed E-state index contributed by atoms with van der Waals surface area (Å²) in [7, 11) is 0. The Bertz CT molecular complexity index is 443. The van der Waals surface area contributed by atoms with Gasteiger partial charge in [-0.15, -0.1) is 0 Å². The second-order valence-electron chi connectivity index (χ2n) is 4.82. The number of aryl methyl sites for hydroxylation is 2. The van der Waals surface area contributed by atoms with Crippen LogP contribution in [-0.4, -0.2) is 26.9 Å². The van der Waals surface area contributed by atoms with Crippen molar-refractivity contribution in [3.63, 3.8) is 0 Å². The second-order valence-corrected chi connectivity index (χ2v) is 5.20. The number of hydrogen-bond donors (Lipinski definition) is 2. The van der Waals surface area contributed by atoms with E-state index in [0.29, 0.717) is 11.6 Å². The van der Waals surface area contributed by atoms with Gasteiger partial charge in [0, 0.05) is 13.1 Å². The Morgan fingerprint density at radius 3 is 2.53 bits per heavy atom. The molecule has 0 amide bonds. The molecule has 0 saturated carbocycles. The molecule has 19 heavy (non-hydrogen) atoms. The molecule has 0 aromatic carbocycles. The predicted molar refractivity (Wildman–Crippen MR) is 75.4 cm³/mol. The lowest BCUT2D eigenvalue weighted by atomic mass is 10.0. The number of nitrogens with one attached hydrogen (secondary N) is 1. The quantitative estimate of drug-likeness (QED) is 0.808. The standard InChI is InChI=1S/C13H22ClN3O2/c1-5-9-11(14)10(17(6-2)16-9)7-15-12(8(3)4)13(18)19/h8,12,15H,5-7H2,1-4H3,(H,18,19). The molecule has 0 spiro atoms. The van der Waals surface area contributed by atoms with Crippen LogP contribution in [0.1, 0.15) is 39.1 Å². The van der Waals surface area contributed by atoms with E-state index in [2.05, 4.69) is 10.4 Å². The molecule has 6 heteroatoms. The molecule has 0 aliphatic rings. The highest BCUT2D eigenvalue weighted by Crippen LogP contribution is 2.21. The van der Waals surface area contributed by atoms with Crippen LogP contribution in [0.2, 0.25) is 5.02 Å². The topological polar surface area (TPSA) is 67.2 Å². The summed E-state index contributed by atoms with van der Waals surface area (Å²) in [4.78, 5) is 11.1. The zero-order chi connectivity index (χ0) is 14.6. The number of aromatic nitrogens is 2. The van der Waals surface area contributed by atoms with Crippen molar-refractivity contribution in [1.29, 1.82) is 0 Å². The van der Waals surface area contributed by atoms with Crippen molar-refractivity contribution in [2.45, 2.75) is 53.2 Å². The predicted octanol–water partition coefficient (Wildman–Crippen LogP) is 2.32. The van der Waals surface area contributed by atoms with Crippen molar-refractivity contribution >= 4 is 17.6 Å². The Labute approximate surface area is 118 Å². The van der Waals surface area contributed by atoms with E-state index in [9.17, 15) is 4.79 Å². The molecule has 0 radical (unpaired) electrons. The van der Waals surface area contributed by atoms with E-state index in [-0.39, 0.29) is 5.92 Å². The Kier molecular flexibility index (Phi) is 5.82. The highest BCUT2D eigenvalue weighted by molar-refractivity contribution is 6.31. The number of rotatable bonds is 7. The van der Waals surface area contributed by atoms with Crippen LogP contribution in [0.25, 0.3) is 0 Å². The fourth-order valence-electron chi connectivity index (χ4n) is 2.00. The van der Waals surface area contributed by atoms with Crippen LogP contribution in [-0.2, 0) is 24.3 Å². The van der Waals surface area contributed by atoms with E-state index in [1.165, 1.54) is 0 Å². The number of nitrogens with zero attached hydrogens (tertiary/aromatic N) is 2. The molecule has 1 aromatic rings. The SMILES string of the molecule is CCc1nn(CC)c(CNC(C(=O)O)C(C)C)c1Cl. The van der Waals surface area contributed by atoms with Gasteiger partial charge in [-0.25, -0.2) is 0 Å². The van der Waals surface area contributed by atoms with Crippen molar-refractivity contribution in [2.75, 3.05) is 0 Å². The maximum Gasteiger partial charge on any atom is 0.320 e. The Morgan fingerprint density at radius 1 is 1.47 bits per heavy atom. The van der Waals surface area contributed by atoms with E-state index < -0.39 is 12.0 Å². The van der Waals surface area contributed by atoms with Crippen molar-refractivity contribution in [1.82, 2.24) is 15.1 Å². The van der Waals surface area contributed by atoms with Gasteiger partial charge >= 0.3 is 5.97 Å². The van der Waals surface area contributed by atoms with Crippen LogP contribution in [0.4, 0.5) is 0 Å². The third kappa shape index (κ3) is 3.70. The van der Waals surface area contributed by atoms with Gasteiger partial charge in [-0.1, -0.05) is 32.4 Å². The molecule has 1 aromatic heterocycles. The molecular formula is C13H22ClN3O2. The van der Waals surface area contributed by atoms with Gasteiger partial charge in [0.1, 0.15) is 6.04 Å². The summed E-state index contributed by atoms with van der Waals surface area (Å²) in [6, 6.07) is -0.582. The van der Waals surface area contributed by atoms with Gasteiger partial charge in [0.05, 0.1) is 16.4 Å². The first kappa shape index (κ1) is 16.0. The van der Waals surface area contributed by atoms with Gasteiger partial charge in [-0.2, -0.15) is 5.10 Å². The lowest BCUT2D eigenvalue weighted by Crippen LogP contribution is -2.40. The molecule has 1 heterocycles. The zero-order valence-electron chi connectivity index (χ0n) is 11.9. The maximum atomic E-state index is 11.1. The van der Waals surface area contributed by atoms with Crippen molar-refractivity contribution in [3.8, 4) is 0 Å². The van der Waals surface area contributed by atoms with Gasteiger partial charge in [-0.3, -0.25) is 14.8 Å². The highest BCUT2D eigenvalue weighted by atomic mass is 35.5. The van der Waals surface area contributed by atoms with Crippen LogP contribution >= 0.6 is 11.6 Å². The number of carboxylic acids is 1. The summed E-state index contributed by atoms with van der Waals surface area (Å²) in [5.41, 5.74) is 1.71. The monoisotopic (exact) mass is 287 g/mol. The van der Waals surface area contributed by atoms with Gasteiger partial charge in [-0.05, 0) is 19.3 Å². The Hall–Kier alpha value is -1.07. The fraction of sp³-hybridized carbons (Fsp3) is 0.692. The normalized spacial score (nSPS) is 12.9. The van der Waals surface area contributed by atoms with Gasteiger partial charge in [0.25, 0.3) is 0 Å². The average molecular weight is 288 g/mol. The smallest absolute Gasteiger partial charge is 0.320 e.